The van der Waals surface area contributed by atoms with Gasteiger partial charge >= 0.3 is 0 Å². The van der Waals surface area contributed by atoms with E-state index in [4.69, 9.17) is 4.74 Å². The molecule has 0 atom stereocenters. The zero-order valence-electron chi connectivity index (χ0n) is 18.2. The van der Waals surface area contributed by atoms with Gasteiger partial charge in [-0.3, -0.25) is 4.79 Å². The number of carbonyl (C=O) groups excluding carboxylic acids is 1. The summed E-state index contributed by atoms with van der Waals surface area (Å²) in [6, 6.07) is 20.2. The van der Waals surface area contributed by atoms with Gasteiger partial charge in [-0.05, 0) is 73.2 Å². The molecule has 168 valence electrons. The first-order valence-electron chi connectivity index (χ1n) is 10.0. The minimum atomic E-state index is -3.43. The molecule has 6 nitrogen and oxygen atoms in total. The third-order valence-electron chi connectivity index (χ3n) is 4.64. The molecule has 0 aliphatic heterocycles. The number of sulfone groups is 1. The summed E-state index contributed by atoms with van der Waals surface area (Å²) in [7, 11) is -1.91. The van der Waals surface area contributed by atoms with Crippen LogP contribution in [0.2, 0.25) is 0 Å². The standard InChI is InChI=1S/C24H26N2O4S2/c1-4-25-18-6-10-20(11-7-18)31-21-12-8-19(9-13-21)26-24(27)23-15-22(32(3,28)29)14-5-17(23)16-30-2/h5-15,25H,4,16H2,1-3H3,(H,26,27). The molecule has 3 aromatic rings. The van der Waals surface area contributed by atoms with Crippen molar-refractivity contribution in [3.8, 4) is 0 Å². The van der Waals surface area contributed by atoms with Crippen LogP contribution in [-0.4, -0.2) is 34.2 Å². The van der Waals surface area contributed by atoms with Gasteiger partial charge in [0.25, 0.3) is 5.91 Å². The maximum Gasteiger partial charge on any atom is 0.256 e. The van der Waals surface area contributed by atoms with Crippen molar-refractivity contribution < 1.29 is 17.9 Å². The van der Waals surface area contributed by atoms with Crippen molar-refractivity contribution in [3.05, 3.63) is 77.9 Å². The van der Waals surface area contributed by atoms with E-state index >= 15 is 0 Å². The fourth-order valence-corrected chi connectivity index (χ4v) is 4.53. The molecule has 1 amide bonds. The van der Waals surface area contributed by atoms with Gasteiger partial charge in [0, 0.05) is 46.6 Å². The Morgan fingerprint density at radius 2 is 1.53 bits per heavy atom. The van der Waals surface area contributed by atoms with E-state index in [1.54, 1.807) is 17.8 Å². The summed E-state index contributed by atoms with van der Waals surface area (Å²) in [4.78, 5) is 15.1. The lowest BCUT2D eigenvalue weighted by molar-refractivity contribution is 0.102. The number of nitrogens with one attached hydrogen (secondary N) is 2. The minimum absolute atomic E-state index is 0.0920. The Kier molecular flexibility index (Phi) is 7.95. The molecule has 32 heavy (non-hydrogen) atoms. The zero-order chi connectivity index (χ0) is 23.1. The summed E-state index contributed by atoms with van der Waals surface area (Å²) < 4.78 is 29.0. The van der Waals surface area contributed by atoms with Crippen molar-refractivity contribution in [2.75, 3.05) is 30.5 Å². The average molecular weight is 471 g/mol. The molecule has 0 spiro atoms. The smallest absolute Gasteiger partial charge is 0.256 e. The number of anilines is 2. The van der Waals surface area contributed by atoms with Gasteiger partial charge in [0.05, 0.1) is 11.5 Å². The van der Waals surface area contributed by atoms with Gasteiger partial charge in [0.2, 0.25) is 0 Å². The SMILES string of the molecule is CCNc1ccc(Sc2ccc(NC(=O)c3cc(S(C)(=O)=O)ccc3COC)cc2)cc1. The maximum atomic E-state index is 12.9. The molecule has 3 aromatic carbocycles. The van der Waals surface area contributed by atoms with Gasteiger partial charge in [-0.2, -0.15) is 0 Å². The third-order valence-corrected chi connectivity index (χ3v) is 6.76. The molecule has 8 heteroatoms. The normalized spacial score (nSPS) is 11.2. The number of rotatable bonds is 9. The Balaban J connectivity index is 1.73. The molecule has 0 aromatic heterocycles. The van der Waals surface area contributed by atoms with Crippen LogP contribution in [0.15, 0.2) is 81.4 Å². The molecule has 0 radical (unpaired) electrons. The van der Waals surface area contributed by atoms with Gasteiger partial charge in [-0.1, -0.05) is 17.8 Å². The van der Waals surface area contributed by atoms with E-state index in [0.29, 0.717) is 11.3 Å². The molecule has 3 rings (SSSR count). The predicted octanol–water partition coefficient (Wildman–Crippen LogP) is 5.07. The van der Waals surface area contributed by atoms with Crippen molar-refractivity contribution in [1.29, 1.82) is 0 Å². The van der Waals surface area contributed by atoms with Crippen LogP contribution in [0.1, 0.15) is 22.8 Å². The molecule has 0 aliphatic carbocycles. The van der Waals surface area contributed by atoms with E-state index in [2.05, 4.69) is 29.7 Å². The highest BCUT2D eigenvalue weighted by atomic mass is 32.2. The second-order valence-corrected chi connectivity index (χ2v) is 10.3. The monoisotopic (exact) mass is 470 g/mol. The predicted molar refractivity (Wildman–Crippen MR) is 129 cm³/mol. The summed E-state index contributed by atoms with van der Waals surface area (Å²) in [5.41, 5.74) is 2.59. The quantitative estimate of drug-likeness (QED) is 0.454. The van der Waals surface area contributed by atoms with Crippen LogP contribution in [-0.2, 0) is 21.2 Å². The molecular weight excluding hydrogens is 444 g/mol. The van der Waals surface area contributed by atoms with Crippen molar-refractivity contribution in [1.82, 2.24) is 0 Å². The second kappa shape index (κ2) is 10.7. The van der Waals surface area contributed by atoms with Crippen LogP contribution < -0.4 is 10.6 Å². The summed E-state index contributed by atoms with van der Waals surface area (Å²) >= 11 is 1.63. The number of amides is 1. The lowest BCUT2D eigenvalue weighted by Crippen LogP contribution is -2.15. The molecule has 2 N–H and O–H groups in total. The van der Waals surface area contributed by atoms with E-state index < -0.39 is 9.84 Å². The Morgan fingerprint density at radius 1 is 0.938 bits per heavy atom. The van der Waals surface area contributed by atoms with E-state index in [-0.39, 0.29) is 23.0 Å². The molecule has 0 saturated heterocycles. The second-order valence-electron chi connectivity index (χ2n) is 7.16. The first kappa shape index (κ1) is 23.8. The van der Waals surface area contributed by atoms with Crippen molar-refractivity contribution in [2.45, 2.75) is 28.2 Å². The number of hydrogen-bond acceptors (Lipinski definition) is 6. The van der Waals surface area contributed by atoms with Crippen molar-refractivity contribution in [2.24, 2.45) is 0 Å². The average Bonchev–Trinajstić information content (AvgIpc) is 2.76. The summed E-state index contributed by atoms with van der Waals surface area (Å²) in [6.45, 7) is 3.14. The maximum absolute atomic E-state index is 12.9. The fourth-order valence-electron chi connectivity index (χ4n) is 3.06. The highest BCUT2D eigenvalue weighted by Gasteiger charge is 2.16. The van der Waals surface area contributed by atoms with Crippen LogP contribution in [0.4, 0.5) is 11.4 Å². The number of benzene rings is 3. The molecule has 0 aliphatic rings. The molecular formula is C24H26N2O4S2. The summed E-state index contributed by atoms with van der Waals surface area (Å²) in [6.07, 6.45) is 1.12. The molecule has 0 heterocycles. The lowest BCUT2D eigenvalue weighted by atomic mass is 10.1. The van der Waals surface area contributed by atoms with Gasteiger partial charge < -0.3 is 15.4 Å². The first-order chi connectivity index (χ1) is 15.3. The van der Waals surface area contributed by atoms with Gasteiger partial charge in [0.1, 0.15) is 0 Å². The number of methoxy groups -OCH3 is 1. The largest absolute Gasteiger partial charge is 0.385 e. The molecule has 0 fully saturated rings. The van der Waals surface area contributed by atoms with Crippen LogP contribution >= 0.6 is 11.8 Å². The van der Waals surface area contributed by atoms with Crippen molar-refractivity contribution >= 4 is 38.9 Å². The number of ether oxygens (including phenoxy) is 1. The van der Waals surface area contributed by atoms with E-state index in [1.807, 2.05) is 36.4 Å². The minimum Gasteiger partial charge on any atom is -0.385 e. The van der Waals surface area contributed by atoms with E-state index in [9.17, 15) is 13.2 Å². The Bertz CT molecular complexity index is 1180. The molecule has 0 bridgehead atoms. The van der Waals surface area contributed by atoms with E-state index in [0.717, 1.165) is 28.3 Å². The third kappa shape index (κ3) is 6.35. The fraction of sp³-hybridized carbons (Fsp3) is 0.208. The number of carbonyl (C=O) groups is 1. The Morgan fingerprint density at radius 3 is 2.06 bits per heavy atom. The topological polar surface area (TPSA) is 84.5 Å². The zero-order valence-corrected chi connectivity index (χ0v) is 19.8. The van der Waals surface area contributed by atoms with E-state index in [1.165, 1.54) is 19.2 Å². The van der Waals surface area contributed by atoms with Crippen LogP contribution in [0.5, 0.6) is 0 Å². The van der Waals surface area contributed by atoms with Gasteiger partial charge in [-0.25, -0.2) is 8.42 Å². The van der Waals surface area contributed by atoms with Crippen LogP contribution in [0.25, 0.3) is 0 Å². The summed E-state index contributed by atoms with van der Waals surface area (Å²) in [5, 5.41) is 6.11. The van der Waals surface area contributed by atoms with Crippen molar-refractivity contribution in [3.63, 3.8) is 0 Å². The van der Waals surface area contributed by atoms with Gasteiger partial charge in [-0.15, -0.1) is 0 Å². The number of hydrogen-bond donors (Lipinski definition) is 2. The van der Waals surface area contributed by atoms with Gasteiger partial charge in [0.15, 0.2) is 9.84 Å². The molecule has 0 saturated carbocycles. The van der Waals surface area contributed by atoms with Crippen LogP contribution in [0, 0.1) is 0 Å². The highest BCUT2D eigenvalue weighted by Crippen LogP contribution is 2.29. The van der Waals surface area contributed by atoms with Crippen LogP contribution in [0.3, 0.4) is 0 Å². The Labute approximate surface area is 193 Å². The highest BCUT2D eigenvalue weighted by molar-refractivity contribution is 7.99. The molecule has 0 unspecified atom stereocenters. The summed E-state index contributed by atoms with van der Waals surface area (Å²) in [5.74, 6) is -0.387. The lowest BCUT2D eigenvalue weighted by Gasteiger charge is -2.12. The Hall–Kier alpha value is -2.81. The first-order valence-corrected chi connectivity index (χ1v) is 12.8.